The van der Waals surface area contributed by atoms with E-state index in [2.05, 4.69) is 13.8 Å². The van der Waals surface area contributed by atoms with Crippen molar-refractivity contribution in [3.8, 4) is 0 Å². The Bertz CT molecular complexity index is 510. The van der Waals surface area contributed by atoms with Crippen LogP contribution < -0.4 is 0 Å². The van der Waals surface area contributed by atoms with Crippen molar-refractivity contribution in [3.63, 3.8) is 0 Å². The topological polar surface area (TPSA) is 37.3 Å². The molecule has 3 aliphatic carbocycles. The van der Waals surface area contributed by atoms with Gasteiger partial charge in [0.1, 0.15) is 5.78 Å². The lowest BCUT2D eigenvalue weighted by Gasteiger charge is -2.58. The molecule has 3 rings (SSSR count). The Morgan fingerprint density at radius 2 is 1.91 bits per heavy atom. The summed E-state index contributed by atoms with van der Waals surface area (Å²) in [5.74, 6) is 2.47. The van der Waals surface area contributed by atoms with Crippen molar-refractivity contribution in [2.75, 3.05) is 0 Å². The first-order valence-corrected chi connectivity index (χ1v) is 9.79. The van der Waals surface area contributed by atoms with Gasteiger partial charge in [0.05, 0.1) is 5.60 Å². The fraction of sp³-hybridized carbons (Fsp3) is 0.857. The quantitative estimate of drug-likeness (QED) is 0.739. The van der Waals surface area contributed by atoms with Crippen LogP contribution in [0.5, 0.6) is 0 Å². The van der Waals surface area contributed by atoms with E-state index < -0.39 is 5.60 Å². The fourth-order valence-corrected chi connectivity index (χ4v) is 6.59. The van der Waals surface area contributed by atoms with Crippen molar-refractivity contribution >= 4 is 5.78 Å². The van der Waals surface area contributed by atoms with E-state index >= 15 is 0 Å². The number of carbonyl (C=O) groups is 1. The van der Waals surface area contributed by atoms with Crippen molar-refractivity contribution < 1.29 is 9.90 Å². The van der Waals surface area contributed by atoms with Gasteiger partial charge in [-0.25, -0.2) is 0 Å². The molecular formula is C21H34O2. The summed E-state index contributed by atoms with van der Waals surface area (Å²) < 4.78 is 0. The van der Waals surface area contributed by atoms with Gasteiger partial charge in [0, 0.05) is 18.3 Å². The molecule has 2 heteroatoms. The monoisotopic (exact) mass is 318 g/mol. The highest BCUT2D eigenvalue weighted by Crippen LogP contribution is 2.60. The maximum absolute atomic E-state index is 11.8. The molecule has 2 nitrogen and oxygen atoms in total. The molecule has 4 atom stereocenters. The number of carbonyl (C=O) groups excluding carboxylic acids is 1. The molecule has 0 bridgehead atoms. The van der Waals surface area contributed by atoms with E-state index in [0.29, 0.717) is 23.5 Å². The molecule has 0 aromatic carbocycles. The van der Waals surface area contributed by atoms with Gasteiger partial charge in [0.2, 0.25) is 0 Å². The van der Waals surface area contributed by atoms with Crippen LogP contribution in [0.2, 0.25) is 0 Å². The minimum atomic E-state index is -0.607. The van der Waals surface area contributed by atoms with E-state index in [4.69, 9.17) is 0 Å². The first-order valence-electron chi connectivity index (χ1n) is 9.79. The molecule has 0 amide bonds. The minimum absolute atomic E-state index is 0.0610. The molecular weight excluding hydrogens is 284 g/mol. The lowest BCUT2D eigenvalue weighted by Crippen LogP contribution is -2.55. The molecule has 1 fully saturated rings. The summed E-state index contributed by atoms with van der Waals surface area (Å²) in [6.07, 6.45) is 9.47. The van der Waals surface area contributed by atoms with Gasteiger partial charge >= 0.3 is 0 Å². The van der Waals surface area contributed by atoms with Crippen LogP contribution in [-0.2, 0) is 4.79 Å². The van der Waals surface area contributed by atoms with Crippen molar-refractivity contribution in [1.29, 1.82) is 0 Å². The Kier molecular flexibility index (Phi) is 4.50. The Morgan fingerprint density at radius 3 is 2.52 bits per heavy atom. The lowest BCUT2D eigenvalue weighted by molar-refractivity contribution is -0.143. The third-order valence-electron chi connectivity index (χ3n) is 7.70. The molecule has 0 heterocycles. The highest BCUT2D eigenvalue weighted by Gasteiger charge is 2.55. The van der Waals surface area contributed by atoms with E-state index in [1.165, 1.54) is 24.8 Å². The molecule has 130 valence electrons. The van der Waals surface area contributed by atoms with E-state index in [-0.39, 0.29) is 5.41 Å². The van der Waals surface area contributed by atoms with Gasteiger partial charge in [-0.05, 0) is 70.1 Å². The van der Waals surface area contributed by atoms with Gasteiger partial charge in [-0.1, -0.05) is 31.4 Å². The number of hydrogen-bond acceptors (Lipinski definition) is 2. The summed E-state index contributed by atoms with van der Waals surface area (Å²) in [5, 5.41) is 11.0. The van der Waals surface area contributed by atoms with Crippen molar-refractivity contribution in [3.05, 3.63) is 11.1 Å². The van der Waals surface area contributed by atoms with E-state index in [1.807, 2.05) is 13.8 Å². The largest absolute Gasteiger partial charge is 0.390 e. The third-order valence-corrected chi connectivity index (χ3v) is 7.70. The van der Waals surface area contributed by atoms with E-state index in [0.717, 1.165) is 38.5 Å². The van der Waals surface area contributed by atoms with Gasteiger partial charge in [0.15, 0.2) is 0 Å². The predicted molar refractivity (Wildman–Crippen MR) is 94.1 cm³/mol. The van der Waals surface area contributed by atoms with Crippen LogP contribution in [0, 0.1) is 23.2 Å². The Morgan fingerprint density at radius 1 is 1.17 bits per heavy atom. The second-order valence-corrected chi connectivity index (χ2v) is 8.78. The number of rotatable bonds is 3. The number of Topliss-reactive ketones (excluding diaryl/α,β-unsaturated/α-hetero) is 1. The molecule has 0 aromatic rings. The second kappa shape index (κ2) is 6.02. The molecule has 1 unspecified atom stereocenters. The molecule has 0 aromatic heterocycles. The molecule has 23 heavy (non-hydrogen) atoms. The van der Waals surface area contributed by atoms with Gasteiger partial charge in [-0.3, -0.25) is 4.79 Å². The summed E-state index contributed by atoms with van der Waals surface area (Å²) in [6.45, 7) is 8.66. The summed E-state index contributed by atoms with van der Waals surface area (Å²) in [6, 6.07) is 0. The van der Waals surface area contributed by atoms with E-state index in [1.54, 1.807) is 5.57 Å². The number of ketones is 1. The van der Waals surface area contributed by atoms with Crippen LogP contribution >= 0.6 is 0 Å². The number of fused-ring (bicyclic) bond motifs is 2. The molecule has 0 aliphatic heterocycles. The molecule has 1 saturated carbocycles. The standard InChI is InChI=1S/C21H34O2/c1-5-19-18-9-7-14-13-15(22)8-10-16(14)17(18)11-12-21(19,6-2)20(3,4)23/h17-19,23H,5-13H2,1-4H3/t17-,18-,19+,21?/m1/s1. The van der Waals surface area contributed by atoms with Gasteiger partial charge in [-0.2, -0.15) is 0 Å². The Hall–Kier alpha value is -0.630. The molecule has 3 aliphatic rings. The maximum Gasteiger partial charge on any atom is 0.137 e. The number of aliphatic hydroxyl groups is 1. The van der Waals surface area contributed by atoms with Crippen LogP contribution in [0.1, 0.15) is 85.5 Å². The summed E-state index contributed by atoms with van der Waals surface area (Å²) >= 11 is 0. The molecule has 0 spiro atoms. The summed E-state index contributed by atoms with van der Waals surface area (Å²) in [4.78, 5) is 11.8. The van der Waals surface area contributed by atoms with Crippen LogP contribution in [0.15, 0.2) is 11.1 Å². The summed E-state index contributed by atoms with van der Waals surface area (Å²) in [7, 11) is 0. The third kappa shape index (κ3) is 2.62. The van der Waals surface area contributed by atoms with Gasteiger partial charge < -0.3 is 5.11 Å². The normalized spacial score (nSPS) is 38.3. The van der Waals surface area contributed by atoms with Crippen molar-refractivity contribution in [2.45, 2.75) is 91.1 Å². The zero-order chi connectivity index (χ0) is 16.8. The lowest BCUT2D eigenvalue weighted by atomic mass is 9.48. The van der Waals surface area contributed by atoms with Gasteiger partial charge in [0.25, 0.3) is 0 Å². The highest BCUT2D eigenvalue weighted by atomic mass is 16.3. The van der Waals surface area contributed by atoms with E-state index in [9.17, 15) is 9.90 Å². The number of allylic oxidation sites excluding steroid dienone is 2. The first-order chi connectivity index (χ1) is 10.8. The van der Waals surface area contributed by atoms with Crippen LogP contribution in [0.25, 0.3) is 0 Å². The van der Waals surface area contributed by atoms with Crippen LogP contribution in [-0.4, -0.2) is 16.5 Å². The van der Waals surface area contributed by atoms with Crippen LogP contribution in [0.4, 0.5) is 0 Å². The minimum Gasteiger partial charge on any atom is -0.390 e. The Balaban J connectivity index is 1.95. The predicted octanol–water partition coefficient (Wildman–Crippen LogP) is 5.05. The molecule has 1 N–H and O–H groups in total. The molecule has 0 saturated heterocycles. The maximum atomic E-state index is 11.8. The first kappa shape index (κ1) is 17.2. The zero-order valence-electron chi connectivity index (χ0n) is 15.5. The van der Waals surface area contributed by atoms with Crippen molar-refractivity contribution in [2.24, 2.45) is 23.2 Å². The van der Waals surface area contributed by atoms with Crippen LogP contribution in [0.3, 0.4) is 0 Å². The smallest absolute Gasteiger partial charge is 0.137 e. The SMILES string of the molecule is CC[C@H]1[C@@H]2CCC3=C(CCC(=O)C3)[C@H]2CCC1(CC)C(C)(C)O. The molecule has 0 radical (unpaired) electrons. The fourth-order valence-electron chi connectivity index (χ4n) is 6.59. The average Bonchev–Trinajstić information content (AvgIpc) is 2.51. The van der Waals surface area contributed by atoms with Crippen molar-refractivity contribution in [1.82, 2.24) is 0 Å². The summed E-state index contributed by atoms with van der Waals surface area (Å²) in [5.41, 5.74) is 2.60. The second-order valence-electron chi connectivity index (χ2n) is 8.78. The highest BCUT2D eigenvalue weighted by molar-refractivity contribution is 5.82. The Labute approximate surface area is 141 Å². The number of hydrogen-bond donors (Lipinski definition) is 1. The average molecular weight is 319 g/mol. The zero-order valence-corrected chi connectivity index (χ0v) is 15.5. The van der Waals surface area contributed by atoms with Gasteiger partial charge in [-0.15, -0.1) is 0 Å².